The first-order chi connectivity index (χ1) is 20.1. The zero-order chi connectivity index (χ0) is 28.3. The second kappa shape index (κ2) is 12.2. The molecule has 1 amide bonds. The van der Waals surface area contributed by atoms with Crippen molar-refractivity contribution >= 4 is 28.2 Å². The highest BCUT2D eigenvalue weighted by molar-refractivity contribution is 6.45. The summed E-state index contributed by atoms with van der Waals surface area (Å²) in [7, 11) is 1.49. The van der Waals surface area contributed by atoms with Gasteiger partial charge in [-0.25, -0.2) is 9.67 Å². The van der Waals surface area contributed by atoms with Gasteiger partial charge in [0.2, 0.25) is 0 Å². The minimum atomic E-state index is -0.614. The summed E-state index contributed by atoms with van der Waals surface area (Å²) in [6.45, 7) is 0.799. The van der Waals surface area contributed by atoms with E-state index in [0.29, 0.717) is 48.4 Å². The lowest BCUT2D eigenvalue weighted by Crippen LogP contribution is -2.40. The van der Waals surface area contributed by atoms with E-state index in [1.54, 1.807) is 11.1 Å². The van der Waals surface area contributed by atoms with E-state index in [-0.39, 0.29) is 19.6 Å². The van der Waals surface area contributed by atoms with Gasteiger partial charge in [0, 0.05) is 19.3 Å². The molecule has 2 N–H and O–H groups in total. The number of carbonyl (C=O) groups excluding carboxylic acids is 2. The molecule has 42 heavy (non-hydrogen) atoms. The van der Waals surface area contributed by atoms with Crippen molar-refractivity contribution < 1.29 is 19.4 Å². The van der Waals surface area contributed by atoms with E-state index in [0.717, 1.165) is 22.3 Å². The molecule has 0 bridgehead atoms. The van der Waals surface area contributed by atoms with Gasteiger partial charge in [-0.2, -0.15) is 0 Å². The Morgan fingerprint density at radius 1 is 1.05 bits per heavy atom. The van der Waals surface area contributed by atoms with Crippen LogP contribution >= 0.6 is 0 Å². The number of methoxy groups -OCH3 is 1. The van der Waals surface area contributed by atoms with Gasteiger partial charge in [0.1, 0.15) is 5.75 Å². The fourth-order valence-electron chi connectivity index (χ4n) is 5.43. The normalized spacial score (nSPS) is 13.1. The number of aromatic nitrogens is 5. The van der Waals surface area contributed by atoms with Crippen LogP contribution in [0, 0.1) is 0 Å². The van der Waals surface area contributed by atoms with Crippen LogP contribution in [0.3, 0.4) is 0 Å². The van der Waals surface area contributed by atoms with Crippen LogP contribution in [0.1, 0.15) is 47.3 Å². The summed E-state index contributed by atoms with van der Waals surface area (Å²) in [5.74, 6) is -0.356. The Kier molecular flexibility index (Phi) is 8.26. The summed E-state index contributed by atoms with van der Waals surface area (Å²) in [5.41, 5.74) is 6.00. The fourth-order valence-corrected chi connectivity index (χ4v) is 5.43. The lowest BCUT2D eigenvalue weighted by molar-refractivity contribution is -0.126. The van der Waals surface area contributed by atoms with Crippen molar-refractivity contribution in [2.24, 2.45) is 0 Å². The average molecular weight is 565 g/mol. The molecule has 1 aliphatic heterocycles. The number of piperidine rings is 1. The van der Waals surface area contributed by atoms with Crippen LogP contribution in [0.5, 0.6) is 5.75 Å². The highest BCUT2D eigenvalue weighted by Crippen LogP contribution is 2.34. The number of nitrogens with one attached hydrogen (secondary N) is 1. The number of hydrogen-bond donors (Lipinski definition) is 2. The van der Waals surface area contributed by atoms with Crippen LogP contribution in [-0.4, -0.2) is 66.9 Å². The number of hydrogen-bond acceptors (Lipinski definition) is 7. The summed E-state index contributed by atoms with van der Waals surface area (Å²) in [4.78, 5) is 36.1. The van der Waals surface area contributed by atoms with E-state index in [1.807, 2.05) is 42.5 Å². The summed E-state index contributed by atoms with van der Waals surface area (Å²) < 4.78 is 6.97. The second-order valence-electron chi connectivity index (χ2n) is 9.77. The molecule has 0 radical (unpaired) electrons. The van der Waals surface area contributed by atoms with Gasteiger partial charge in [0.05, 0.1) is 48.8 Å². The third kappa shape index (κ3) is 5.19. The number of benzene rings is 2. The number of fused-ring (bicyclic) bond motifs is 1. The Labute approximate surface area is 243 Å². The first-order valence-electron chi connectivity index (χ1n) is 13.3. The Morgan fingerprint density at radius 3 is 2.50 bits per heavy atom. The van der Waals surface area contributed by atoms with Crippen molar-refractivity contribution in [3.8, 4) is 11.6 Å². The van der Waals surface area contributed by atoms with Gasteiger partial charge < -0.3 is 19.7 Å². The molecule has 4 heterocycles. The number of ketones is 1. The molecule has 0 aliphatic carbocycles. The van der Waals surface area contributed by atoms with Crippen molar-refractivity contribution in [3.63, 3.8) is 0 Å². The van der Waals surface area contributed by atoms with E-state index in [9.17, 15) is 14.7 Å². The molecule has 214 valence electrons. The molecule has 1 fully saturated rings. The molecule has 5 aromatic rings. The van der Waals surface area contributed by atoms with Crippen molar-refractivity contribution in [2.75, 3.05) is 20.2 Å². The van der Waals surface area contributed by atoms with Crippen LogP contribution in [-0.2, 0) is 11.4 Å². The molecular weight excluding hydrogens is 532 g/mol. The monoisotopic (exact) mass is 564 g/mol. The SMILES string of the molecule is C.COc1cnc(-n2ccnn2)c2[nH]cc(C(=O)C(=O)N3CCC(=C(c4ccccc4)c4cccc(CO)c4)CC3)c12. The number of nitrogens with zero attached hydrogens (tertiary/aromatic N) is 5. The summed E-state index contributed by atoms with van der Waals surface area (Å²) >= 11 is 0. The highest BCUT2D eigenvalue weighted by atomic mass is 16.5. The molecule has 10 heteroatoms. The number of amides is 1. The Hall–Kier alpha value is -5.09. The molecule has 0 saturated carbocycles. The Bertz CT molecular complexity index is 1750. The standard InChI is InChI=1S/C31H28N6O4.CH4/c1-41-25-18-33-30(37-15-12-34-35-37)28-27(25)24(17-32-28)29(39)31(40)36-13-10-22(11-14-36)26(21-7-3-2-4-8-21)23-9-5-6-20(16-23)19-38;/h2-9,12,15-18,32,38H,10-11,13-14,19H2,1H3;1H4. The van der Waals surface area contributed by atoms with E-state index < -0.39 is 11.7 Å². The zero-order valence-corrected chi connectivity index (χ0v) is 22.4. The Balaban J connectivity index is 0.00000353. The first-order valence-corrected chi connectivity index (χ1v) is 13.3. The third-order valence-electron chi connectivity index (χ3n) is 7.42. The maximum absolute atomic E-state index is 13.6. The number of aliphatic hydroxyl groups excluding tert-OH is 1. The van der Waals surface area contributed by atoms with Crippen LogP contribution in [0.25, 0.3) is 22.3 Å². The van der Waals surface area contributed by atoms with Gasteiger partial charge in [-0.3, -0.25) is 9.59 Å². The number of rotatable bonds is 7. The van der Waals surface area contributed by atoms with E-state index in [1.165, 1.54) is 36.0 Å². The van der Waals surface area contributed by atoms with Crippen LogP contribution in [0.15, 0.2) is 85.0 Å². The smallest absolute Gasteiger partial charge is 0.295 e. The topological polar surface area (TPSA) is 126 Å². The maximum atomic E-state index is 13.6. The number of ether oxygens (including phenoxy) is 1. The van der Waals surface area contributed by atoms with Gasteiger partial charge in [-0.15, -0.1) is 5.10 Å². The van der Waals surface area contributed by atoms with E-state index in [2.05, 4.69) is 32.4 Å². The predicted molar refractivity (Wildman–Crippen MR) is 159 cm³/mol. The van der Waals surface area contributed by atoms with Gasteiger partial charge in [0.15, 0.2) is 5.82 Å². The van der Waals surface area contributed by atoms with Crippen molar-refractivity contribution in [1.82, 2.24) is 29.9 Å². The predicted octanol–water partition coefficient (Wildman–Crippen LogP) is 4.59. The lowest BCUT2D eigenvalue weighted by atomic mass is 9.87. The van der Waals surface area contributed by atoms with Crippen molar-refractivity contribution in [2.45, 2.75) is 26.9 Å². The van der Waals surface area contributed by atoms with Crippen molar-refractivity contribution in [1.29, 1.82) is 0 Å². The number of likely N-dealkylation sites (tertiary alicyclic amines) is 1. The molecule has 1 saturated heterocycles. The minimum absolute atomic E-state index is 0. The molecule has 6 rings (SSSR count). The molecular formula is C32H32N6O4. The third-order valence-corrected chi connectivity index (χ3v) is 7.42. The van der Waals surface area contributed by atoms with Crippen LogP contribution < -0.4 is 4.74 Å². The molecule has 1 aliphatic rings. The largest absolute Gasteiger partial charge is 0.494 e. The van der Waals surface area contributed by atoms with Crippen LogP contribution in [0.2, 0.25) is 0 Å². The molecule has 0 unspecified atom stereocenters. The van der Waals surface area contributed by atoms with Crippen molar-refractivity contribution in [3.05, 3.63) is 107 Å². The van der Waals surface area contributed by atoms with Gasteiger partial charge in [-0.05, 0) is 41.2 Å². The quantitative estimate of drug-likeness (QED) is 0.219. The summed E-state index contributed by atoms with van der Waals surface area (Å²) in [6, 6.07) is 18.0. The fraction of sp³-hybridized carbons (Fsp3) is 0.219. The molecule has 0 spiro atoms. The summed E-state index contributed by atoms with van der Waals surface area (Å²) in [5, 5.41) is 18.0. The molecule has 10 nitrogen and oxygen atoms in total. The van der Waals surface area contributed by atoms with Gasteiger partial charge >= 0.3 is 0 Å². The number of pyridine rings is 1. The average Bonchev–Trinajstić information content (AvgIpc) is 3.72. The summed E-state index contributed by atoms with van der Waals surface area (Å²) in [6.07, 6.45) is 7.45. The van der Waals surface area contributed by atoms with E-state index >= 15 is 0 Å². The number of aliphatic hydroxyl groups is 1. The van der Waals surface area contributed by atoms with Crippen LogP contribution in [0.4, 0.5) is 0 Å². The Morgan fingerprint density at radius 2 is 1.81 bits per heavy atom. The highest BCUT2D eigenvalue weighted by Gasteiger charge is 2.30. The number of aromatic amines is 1. The molecule has 2 aromatic carbocycles. The van der Waals surface area contributed by atoms with E-state index in [4.69, 9.17) is 4.74 Å². The van der Waals surface area contributed by atoms with Gasteiger partial charge in [0.25, 0.3) is 11.7 Å². The molecule has 0 atom stereocenters. The zero-order valence-electron chi connectivity index (χ0n) is 22.4. The second-order valence-corrected chi connectivity index (χ2v) is 9.77. The first kappa shape index (κ1) is 28.4. The molecule has 3 aromatic heterocycles. The number of Topliss-reactive ketones (excluding diaryl/α,β-unsaturated/α-hetero) is 1. The number of H-pyrrole nitrogens is 1. The maximum Gasteiger partial charge on any atom is 0.295 e. The lowest BCUT2D eigenvalue weighted by Gasteiger charge is -2.30. The number of carbonyl (C=O) groups is 2. The minimum Gasteiger partial charge on any atom is -0.494 e. The van der Waals surface area contributed by atoms with Gasteiger partial charge in [-0.1, -0.05) is 66.7 Å².